The first-order chi connectivity index (χ1) is 12.6. The number of carbonyl (C=O) groups excluding carboxylic acids is 2. The fourth-order valence-electron chi connectivity index (χ4n) is 4.22. The fraction of sp³-hybridized carbons (Fsp3) is 0.526. The van der Waals surface area contributed by atoms with Crippen molar-refractivity contribution < 1.29 is 14.0 Å². The predicted octanol–water partition coefficient (Wildman–Crippen LogP) is 2.01. The van der Waals surface area contributed by atoms with Crippen LogP contribution in [0.1, 0.15) is 41.3 Å². The van der Waals surface area contributed by atoms with Gasteiger partial charge in [0.2, 0.25) is 5.91 Å². The molecule has 2 aliphatic heterocycles. The van der Waals surface area contributed by atoms with Crippen LogP contribution >= 0.6 is 0 Å². The van der Waals surface area contributed by atoms with E-state index in [-0.39, 0.29) is 17.9 Å². The predicted molar refractivity (Wildman–Crippen MR) is 94.5 cm³/mol. The van der Waals surface area contributed by atoms with E-state index in [1.165, 1.54) is 0 Å². The second-order valence-electron chi connectivity index (χ2n) is 7.23. The summed E-state index contributed by atoms with van der Waals surface area (Å²) in [4.78, 5) is 28.9. The molecule has 7 nitrogen and oxygen atoms in total. The third-order valence-electron chi connectivity index (χ3n) is 5.56. The Hall–Kier alpha value is -2.57. The van der Waals surface area contributed by atoms with Gasteiger partial charge in [-0.1, -0.05) is 0 Å². The number of H-pyrrole nitrogens is 1. The van der Waals surface area contributed by atoms with Gasteiger partial charge in [0.05, 0.1) is 0 Å². The highest BCUT2D eigenvalue weighted by Gasteiger charge is 2.40. The zero-order chi connectivity index (χ0) is 18.1. The molecule has 4 heterocycles. The van der Waals surface area contributed by atoms with Crippen molar-refractivity contribution in [1.29, 1.82) is 0 Å². The lowest BCUT2D eigenvalue weighted by atomic mass is 9.83. The molecule has 1 N–H and O–H groups in total. The monoisotopic (exact) mass is 356 g/mol. The van der Waals surface area contributed by atoms with Crippen LogP contribution in [0.4, 0.5) is 0 Å². The second-order valence-corrected chi connectivity index (χ2v) is 7.23. The summed E-state index contributed by atoms with van der Waals surface area (Å²) in [5, 5.41) is 6.61. The largest absolute Gasteiger partial charge is 0.466 e. The van der Waals surface area contributed by atoms with Crippen molar-refractivity contribution in [2.24, 2.45) is 5.92 Å². The molecule has 0 radical (unpaired) electrons. The zero-order valence-corrected chi connectivity index (χ0v) is 15.0. The van der Waals surface area contributed by atoms with Crippen molar-refractivity contribution in [2.45, 2.75) is 38.6 Å². The van der Waals surface area contributed by atoms with Crippen molar-refractivity contribution >= 4 is 11.8 Å². The van der Waals surface area contributed by atoms with Crippen LogP contribution in [-0.4, -0.2) is 57.5 Å². The van der Waals surface area contributed by atoms with Gasteiger partial charge in [-0.3, -0.25) is 14.7 Å². The Bertz CT molecular complexity index is 783. The molecule has 26 heavy (non-hydrogen) atoms. The number of aryl methyl sites for hydroxylation is 1. The quantitative estimate of drug-likeness (QED) is 0.908. The summed E-state index contributed by atoms with van der Waals surface area (Å²) in [6.45, 7) is 3.98. The van der Waals surface area contributed by atoms with Gasteiger partial charge in [0, 0.05) is 44.7 Å². The number of piperidine rings is 2. The summed E-state index contributed by atoms with van der Waals surface area (Å²) < 4.78 is 5.64. The molecule has 2 aliphatic rings. The molecule has 7 heteroatoms. The Morgan fingerprint density at radius 3 is 2.96 bits per heavy atom. The first-order valence-corrected chi connectivity index (χ1v) is 9.25. The maximum Gasteiger partial charge on any atom is 0.271 e. The molecule has 0 bridgehead atoms. The van der Waals surface area contributed by atoms with Gasteiger partial charge < -0.3 is 14.2 Å². The first kappa shape index (κ1) is 16.9. The van der Waals surface area contributed by atoms with Crippen molar-refractivity contribution in [3.8, 4) is 0 Å². The van der Waals surface area contributed by atoms with Crippen LogP contribution in [0, 0.1) is 12.8 Å². The van der Waals surface area contributed by atoms with Crippen LogP contribution in [0.3, 0.4) is 0 Å². The minimum atomic E-state index is -0.00420. The molecule has 138 valence electrons. The van der Waals surface area contributed by atoms with Crippen LogP contribution in [-0.2, 0) is 11.2 Å². The Balaban J connectivity index is 1.41. The van der Waals surface area contributed by atoms with E-state index < -0.39 is 0 Å². The van der Waals surface area contributed by atoms with Gasteiger partial charge in [-0.05, 0) is 43.9 Å². The van der Waals surface area contributed by atoms with Gasteiger partial charge in [-0.15, -0.1) is 0 Å². The number of hydrogen-bond donors (Lipinski definition) is 1. The van der Waals surface area contributed by atoms with Crippen LogP contribution in [0.15, 0.2) is 28.8 Å². The molecule has 0 aliphatic carbocycles. The van der Waals surface area contributed by atoms with E-state index in [1.807, 2.05) is 28.9 Å². The van der Waals surface area contributed by atoms with E-state index in [9.17, 15) is 9.59 Å². The van der Waals surface area contributed by atoms with Crippen LogP contribution in [0.25, 0.3) is 0 Å². The van der Waals surface area contributed by atoms with Crippen LogP contribution in [0.2, 0.25) is 0 Å². The second kappa shape index (κ2) is 6.97. The molecule has 0 saturated carbocycles. The number of aromatic amines is 1. The molecule has 2 fully saturated rings. The Morgan fingerprint density at radius 2 is 2.23 bits per heavy atom. The summed E-state index contributed by atoms with van der Waals surface area (Å²) in [5.74, 6) is 2.38. The summed E-state index contributed by atoms with van der Waals surface area (Å²) >= 11 is 0. The SMILES string of the molecule is Cc1ccc(CCN2C(=O)CC[C@H]3CN(C(=O)c4ccn[nH]4)CC[C@H]32)o1. The molecule has 2 saturated heterocycles. The normalized spacial score (nSPS) is 23.2. The summed E-state index contributed by atoms with van der Waals surface area (Å²) in [6, 6.07) is 5.86. The van der Waals surface area contributed by atoms with Gasteiger partial charge in [0.15, 0.2) is 0 Å². The molecule has 2 amide bonds. The number of aromatic nitrogens is 2. The van der Waals surface area contributed by atoms with E-state index in [0.29, 0.717) is 37.7 Å². The van der Waals surface area contributed by atoms with Crippen LogP contribution < -0.4 is 0 Å². The third kappa shape index (κ3) is 3.25. The summed E-state index contributed by atoms with van der Waals surface area (Å²) in [5.41, 5.74) is 0.528. The smallest absolute Gasteiger partial charge is 0.271 e. The number of carbonyl (C=O) groups is 2. The number of likely N-dealkylation sites (tertiary alicyclic amines) is 2. The number of rotatable bonds is 4. The standard InChI is InChI=1S/C19H24N4O3/c1-13-2-4-15(26-13)7-11-23-17-8-10-22(12-14(17)3-5-18(23)24)19(25)16-6-9-20-21-16/h2,4,6,9,14,17H,3,5,7-8,10-12H2,1H3,(H,20,21)/t14-,17+/m0/s1. The first-order valence-electron chi connectivity index (χ1n) is 9.25. The molecule has 0 aromatic carbocycles. The van der Waals surface area contributed by atoms with Crippen LogP contribution in [0.5, 0.6) is 0 Å². The summed E-state index contributed by atoms with van der Waals surface area (Å²) in [6.07, 6.45) is 4.57. The summed E-state index contributed by atoms with van der Waals surface area (Å²) in [7, 11) is 0. The number of hydrogen-bond acceptors (Lipinski definition) is 4. The lowest BCUT2D eigenvalue weighted by molar-refractivity contribution is -0.140. The maximum absolute atomic E-state index is 12.6. The Morgan fingerprint density at radius 1 is 1.35 bits per heavy atom. The molecule has 0 spiro atoms. The average Bonchev–Trinajstić information content (AvgIpc) is 3.32. The van der Waals surface area contributed by atoms with E-state index in [0.717, 1.165) is 30.8 Å². The molecule has 0 unspecified atom stereocenters. The van der Waals surface area contributed by atoms with Crippen molar-refractivity contribution in [3.05, 3.63) is 41.6 Å². The molecule has 4 rings (SSSR count). The van der Waals surface area contributed by atoms with Gasteiger partial charge in [0.1, 0.15) is 17.2 Å². The minimum Gasteiger partial charge on any atom is -0.466 e. The topological polar surface area (TPSA) is 82.4 Å². The number of nitrogens with zero attached hydrogens (tertiary/aromatic N) is 3. The van der Waals surface area contributed by atoms with E-state index in [2.05, 4.69) is 10.2 Å². The zero-order valence-electron chi connectivity index (χ0n) is 15.0. The van der Waals surface area contributed by atoms with Crippen molar-refractivity contribution in [2.75, 3.05) is 19.6 Å². The number of furan rings is 1. The minimum absolute atomic E-state index is 0.00420. The highest BCUT2D eigenvalue weighted by Crippen LogP contribution is 2.32. The number of fused-ring (bicyclic) bond motifs is 1. The third-order valence-corrected chi connectivity index (χ3v) is 5.56. The van der Waals surface area contributed by atoms with Gasteiger partial charge in [0.25, 0.3) is 5.91 Å². The highest BCUT2D eigenvalue weighted by atomic mass is 16.3. The van der Waals surface area contributed by atoms with E-state index in [1.54, 1.807) is 12.3 Å². The average molecular weight is 356 g/mol. The molecule has 2 aromatic heterocycles. The van der Waals surface area contributed by atoms with E-state index >= 15 is 0 Å². The maximum atomic E-state index is 12.6. The van der Waals surface area contributed by atoms with Gasteiger partial charge >= 0.3 is 0 Å². The van der Waals surface area contributed by atoms with Gasteiger partial charge in [-0.2, -0.15) is 5.10 Å². The Labute approximate surface area is 152 Å². The highest BCUT2D eigenvalue weighted by molar-refractivity contribution is 5.92. The lowest BCUT2D eigenvalue weighted by Gasteiger charge is -2.47. The van der Waals surface area contributed by atoms with E-state index in [4.69, 9.17) is 4.42 Å². The number of nitrogens with one attached hydrogen (secondary N) is 1. The van der Waals surface area contributed by atoms with Crippen molar-refractivity contribution in [3.63, 3.8) is 0 Å². The van der Waals surface area contributed by atoms with Crippen molar-refractivity contribution in [1.82, 2.24) is 20.0 Å². The fourth-order valence-corrected chi connectivity index (χ4v) is 4.22. The van der Waals surface area contributed by atoms with Gasteiger partial charge in [-0.25, -0.2) is 0 Å². The lowest BCUT2D eigenvalue weighted by Crippen LogP contribution is -2.57. The molecule has 2 atom stereocenters. The number of amides is 2. The molecular weight excluding hydrogens is 332 g/mol. The Kier molecular flexibility index (Phi) is 4.53. The molecular formula is C19H24N4O3. The molecule has 2 aromatic rings.